The van der Waals surface area contributed by atoms with E-state index in [1.807, 2.05) is 52.8 Å². The molecule has 130 valence electrons. The maximum Gasteiger partial charge on any atom is 0.407 e. The molecule has 0 saturated carbocycles. The third kappa shape index (κ3) is 8.26. The smallest absolute Gasteiger partial charge is 0.407 e. The minimum atomic E-state index is -0.475. The first-order valence-electron chi connectivity index (χ1n) is 7.95. The lowest BCUT2D eigenvalue weighted by Gasteiger charge is -2.23. The zero-order valence-corrected chi connectivity index (χ0v) is 16.5. The van der Waals surface area contributed by atoms with Gasteiger partial charge in [-0.25, -0.2) is 4.79 Å². The molecule has 0 saturated heterocycles. The third-order valence-corrected chi connectivity index (χ3v) is 3.67. The van der Waals surface area contributed by atoms with Gasteiger partial charge in [0.25, 0.3) is 0 Å². The minimum absolute atomic E-state index is 0.0365. The summed E-state index contributed by atoms with van der Waals surface area (Å²) in [6.45, 7) is 12.3. The van der Waals surface area contributed by atoms with Gasteiger partial charge >= 0.3 is 6.09 Å². The van der Waals surface area contributed by atoms with E-state index in [4.69, 9.17) is 9.47 Å². The van der Waals surface area contributed by atoms with Crippen LogP contribution in [0.1, 0.15) is 46.6 Å². The van der Waals surface area contributed by atoms with Crippen molar-refractivity contribution in [3.05, 3.63) is 28.2 Å². The Labute approximate surface area is 148 Å². The molecular formula is C18H28BrNO3. The quantitative estimate of drug-likeness (QED) is 0.742. The van der Waals surface area contributed by atoms with Crippen molar-refractivity contribution in [1.82, 2.24) is 5.32 Å². The average Bonchev–Trinajstić information content (AvgIpc) is 2.34. The van der Waals surface area contributed by atoms with E-state index in [9.17, 15) is 4.79 Å². The van der Waals surface area contributed by atoms with Gasteiger partial charge in [-0.05, 0) is 70.7 Å². The zero-order chi connectivity index (χ0) is 17.6. The van der Waals surface area contributed by atoms with Crippen molar-refractivity contribution in [3.8, 4) is 5.75 Å². The molecule has 1 aromatic rings. The largest absolute Gasteiger partial charge is 0.493 e. The van der Waals surface area contributed by atoms with Crippen LogP contribution in [-0.2, 0) is 4.74 Å². The predicted molar refractivity (Wildman–Crippen MR) is 97.0 cm³/mol. The van der Waals surface area contributed by atoms with E-state index in [-0.39, 0.29) is 12.1 Å². The first kappa shape index (κ1) is 19.8. The summed E-state index contributed by atoms with van der Waals surface area (Å²) in [5.41, 5.74) is 0.629. The highest BCUT2D eigenvalue weighted by molar-refractivity contribution is 9.10. The molecule has 1 rings (SSSR count). The van der Waals surface area contributed by atoms with Crippen LogP contribution in [0.2, 0.25) is 0 Å². The highest BCUT2D eigenvalue weighted by Crippen LogP contribution is 2.23. The Hall–Kier alpha value is -1.23. The maximum atomic E-state index is 11.7. The van der Waals surface area contributed by atoms with Gasteiger partial charge in [-0.3, -0.25) is 0 Å². The number of benzene rings is 1. The monoisotopic (exact) mass is 385 g/mol. The fourth-order valence-electron chi connectivity index (χ4n) is 2.25. The van der Waals surface area contributed by atoms with E-state index in [0.29, 0.717) is 12.5 Å². The Morgan fingerprint density at radius 1 is 1.30 bits per heavy atom. The fraction of sp³-hybridized carbons (Fsp3) is 0.611. The highest BCUT2D eigenvalue weighted by atomic mass is 79.9. The topological polar surface area (TPSA) is 47.6 Å². The van der Waals surface area contributed by atoms with E-state index in [0.717, 1.165) is 22.2 Å². The molecule has 1 N–H and O–H groups in total. The van der Waals surface area contributed by atoms with Crippen LogP contribution in [-0.4, -0.2) is 24.3 Å². The molecule has 0 fully saturated rings. The standard InChI is InChI=1S/C18H28BrNO3/c1-12(9-14(3)20-17(21)23-18(4,5)6)11-22-16-8-7-15(19)10-13(16)2/h7-8,10,12,14H,9,11H2,1-6H3,(H,20,21). The summed E-state index contributed by atoms with van der Waals surface area (Å²) in [6.07, 6.45) is 0.455. The van der Waals surface area contributed by atoms with Gasteiger partial charge in [0.05, 0.1) is 6.61 Å². The lowest BCUT2D eigenvalue weighted by Crippen LogP contribution is -2.38. The summed E-state index contributed by atoms with van der Waals surface area (Å²) in [7, 11) is 0. The van der Waals surface area contributed by atoms with Crippen molar-refractivity contribution in [2.75, 3.05) is 6.61 Å². The molecule has 1 aromatic carbocycles. The van der Waals surface area contributed by atoms with Gasteiger partial charge in [0.1, 0.15) is 11.4 Å². The van der Waals surface area contributed by atoms with Crippen molar-refractivity contribution in [3.63, 3.8) is 0 Å². The van der Waals surface area contributed by atoms with Crippen LogP contribution >= 0.6 is 15.9 Å². The van der Waals surface area contributed by atoms with Crippen LogP contribution in [0.4, 0.5) is 4.79 Å². The van der Waals surface area contributed by atoms with E-state index >= 15 is 0 Å². The number of carbonyl (C=O) groups is 1. The predicted octanol–water partition coefficient (Wildman–Crippen LogP) is 5.08. The number of alkyl carbamates (subject to hydrolysis) is 1. The lowest BCUT2D eigenvalue weighted by molar-refractivity contribution is 0.0500. The van der Waals surface area contributed by atoms with Gasteiger partial charge in [0, 0.05) is 10.5 Å². The Kier molecular flexibility index (Phi) is 7.39. The summed E-state index contributed by atoms with van der Waals surface area (Å²) in [5.74, 6) is 1.22. The first-order valence-corrected chi connectivity index (χ1v) is 8.74. The molecule has 0 aliphatic heterocycles. The third-order valence-electron chi connectivity index (χ3n) is 3.18. The van der Waals surface area contributed by atoms with Crippen LogP contribution in [0, 0.1) is 12.8 Å². The molecule has 5 heteroatoms. The Bertz CT molecular complexity index is 525. The molecule has 2 unspecified atom stereocenters. The number of ether oxygens (including phenoxy) is 2. The average molecular weight is 386 g/mol. The maximum absolute atomic E-state index is 11.7. The van der Waals surface area contributed by atoms with Crippen LogP contribution < -0.4 is 10.1 Å². The van der Waals surface area contributed by atoms with Crippen LogP contribution in [0.3, 0.4) is 0 Å². The number of hydrogen-bond donors (Lipinski definition) is 1. The molecule has 4 nitrogen and oxygen atoms in total. The molecule has 0 aliphatic carbocycles. The molecule has 0 bridgehead atoms. The summed E-state index contributed by atoms with van der Waals surface area (Å²) < 4.78 is 12.2. The Morgan fingerprint density at radius 2 is 1.96 bits per heavy atom. The summed E-state index contributed by atoms with van der Waals surface area (Å²) in [6, 6.07) is 6.01. The number of carbonyl (C=O) groups excluding carboxylic acids is 1. The molecule has 0 radical (unpaired) electrons. The number of rotatable bonds is 6. The second-order valence-electron chi connectivity index (χ2n) is 7.11. The number of aryl methyl sites for hydroxylation is 1. The summed E-state index contributed by atoms with van der Waals surface area (Å²) in [5, 5.41) is 2.86. The van der Waals surface area contributed by atoms with Gasteiger partial charge in [-0.2, -0.15) is 0 Å². The van der Waals surface area contributed by atoms with Gasteiger partial charge in [0.2, 0.25) is 0 Å². The second-order valence-corrected chi connectivity index (χ2v) is 8.02. The van der Waals surface area contributed by atoms with Gasteiger partial charge in [0.15, 0.2) is 0 Å². The number of amides is 1. The van der Waals surface area contributed by atoms with Crippen LogP contribution in [0.5, 0.6) is 5.75 Å². The highest BCUT2D eigenvalue weighted by Gasteiger charge is 2.18. The van der Waals surface area contributed by atoms with Crippen molar-refractivity contribution in [2.45, 2.75) is 59.6 Å². The summed E-state index contributed by atoms with van der Waals surface area (Å²) >= 11 is 3.44. The van der Waals surface area contributed by atoms with Crippen LogP contribution in [0.25, 0.3) is 0 Å². The van der Waals surface area contributed by atoms with Crippen LogP contribution in [0.15, 0.2) is 22.7 Å². The molecular weight excluding hydrogens is 358 g/mol. The normalized spacial score (nSPS) is 14.0. The SMILES string of the molecule is Cc1cc(Br)ccc1OCC(C)CC(C)NC(=O)OC(C)(C)C. The van der Waals surface area contributed by atoms with Gasteiger partial charge < -0.3 is 14.8 Å². The zero-order valence-electron chi connectivity index (χ0n) is 14.9. The summed E-state index contributed by atoms with van der Waals surface area (Å²) in [4.78, 5) is 11.7. The molecule has 23 heavy (non-hydrogen) atoms. The van der Waals surface area contributed by atoms with Crippen molar-refractivity contribution in [2.24, 2.45) is 5.92 Å². The van der Waals surface area contributed by atoms with E-state index < -0.39 is 5.60 Å². The molecule has 1 amide bonds. The molecule has 0 spiro atoms. The van der Waals surface area contributed by atoms with Gasteiger partial charge in [-0.1, -0.05) is 22.9 Å². The second kappa shape index (κ2) is 8.57. The minimum Gasteiger partial charge on any atom is -0.493 e. The van der Waals surface area contributed by atoms with Crippen molar-refractivity contribution in [1.29, 1.82) is 0 Å². The van der Waals surface area contributed by atoms with E-state index in [1.54, 1.807) is 0 Å². The van der Waals surface area contributed by atoms with Gasteiger partial charge in [-0.15, -0.1) is 0 Å². The lowest BCUT2D eigenvalue weighted by atomic mass is 10.0. The van der Waals surface area contributed by atoms with E-state index in [2.05, 4.69) is 28.2 Å². The molecule has 2 atom stereocenters. The number of halogens is 1. The van der Waals surface area contributed by atoms with Crippen molar-refractivity contribution >= 4 is 22.0 Å². The number of nitrogens with one attached hydrogen (secondary N) is 1. The van der Waals surface area contributed by atoms with Crippen molar-refractivity contribution < 1.29 is 14.3 Å². The number of hydrogen-bond acceptors (Lipinski definition) is 3. The molecule has 0 aliphatic rings. The van der Waals surface area contributed by atoms with E-state index in [1.165, 1.54) is 0 Å². The molecule has 0 heterocycles. The Morgan fingerprint density at radius 3 is 2.52 bits per heavy atom. The Balaban J connectivity index is 2.38. The fourth-order valence-corrected chi connectivity index (χ4v) is 2.72. The molecule has 0 aromatic heterocycles. The first-order chi connectivity index (χ1) is 10.6.